The van der Waals surface area contributed by atoms with Crippen LogP contribution in [0.25, 0.3) is 0 Å². The highest BCUT2D eigenvalue weighted by Gasteiger charge is 1.99. The van der Waals surface area contributed by atoms with Crippen LogP contribution < -0.4 is 0 Å². The van der Waals surface area contributed by atoms with Gasteiger partial charge in [-0.05, 0) is 26.7 Å². The number of aryl methyl sites for hydroxylation is 1. The first kappa shape index (κ1) is 9.69. The first-order chi connectivity index (χ1) is 6.11. The Labute approximate surface area is 77.9 Å². The van der Waals surface area contributed by atoms with Gasteiger partial charge in [-0.1, -0.05) is 5.92 Å². The Hall–Kier alpha value is -1.40. The highest BCUT2D eigenvalue weighted by molar-refractivity contribution is 5.36. The van der Waals surface area contributed by atoms with Gasteiger partial charge in [0.1, 0.15) is 18.1 Å². The second kappa shape index (κ2) is 4.01. The summed E-state index contributed by atoms with van der Waals surface area (Å²) in [5.41, 5.74) is 2.58. The van der Waals surface area contributed by atoms with Crippen LogP contribution in [0.2, 0.25) is 0 Å². The van der Waals surface area contributed by atoms with Crippen LogP contribution >= 0.6 is 0 Å². The van der Waals surface area contributed by atoms with Gasteiger partial charge in [-0.25, -0.2) is 9.97 Å². The van der Waals surface area contributed by atoms with Crippen LogP contribution in [0.1, 0.15) is 23.9 Å². The van der Waals surface area contributed by atoms with Gasteiger partial charge in [-0.2, -0.15) is 0 Å². The fraction of sp³-hybridized carbons (Fsp3) is 0.400. The standard InChI is InChI=1S/C10H12N2O/c1-7(13)4-5-10-8(2)9(3)11-6-12-10/h6-7,13H,1-3H3. The van der Waals surface area contributed by atoms with Crippen molar-refractivity contribution in [2.45, 2.75) is 26.9 Å². The van der Waals surface area contributed by atoms with Crippen LogP contribution in [0, 0.1) is 25.7 Å². The number of aliphatic hydroxyl groups is 1. The monoisotopic (exact) mass is 176 g/mol. The predicted molar refractivity (Wildman–Crippen MR) is 50.1 cm³/mol. The zero-order valence-corrected chi connectivity index (χ0v) is 8.00. The Kier molecular flexibility index (Phi) is 2.99. The lowest BCUT2D eigenvalue weighted by atomic mass is 10.2. The van der Waals surface area contributed by atoms with Crippen molar-refractivity contribution in [1.82, 2.24) is 9.97 Å². The molecule has 1 heterocycles. The lowest BCUT2D eigenvalue weighted by Crippen LogP contribution is -1.97. The Morgan fingerprint density at radius 2 is 2.08 bits per heavy atom. The van der Waals surface area contributed by atoms with Crippen molar-refractivity contribution >= 4 is 0 Å². The minimum absolute atomic E-state index is 0.616. The largest absolute Gasteiger partial charge is 0.381 e. The Bertz CT molecular complexity index is 361. The van der Waals surface area contributed by atoms with E-state index in [1.165, 1.54) is 6.33 Å². The zero-order chi connectivity index (χ0) is 9.84. The van der Waals surface area contributed by atoms with E-state index in [9.17, 15) is 0 Å². The molecule has 3 nitrogen and oxygen atoms in total. The van der Waals surface area contributed by atoms with Gasteiger partial charge in [0, 0.05) is 11.3 Å². The molecule has 1 aromatic heterocycles. The lowest BCUT2D eigenvalue weighted by molar-refractivity contribution is 0.253. The summed E-state index contributed by atoms with van der Waals surface area (Å²) in [5.74, 6) is 5.45. The average Bonchev–Trinajstić information content (AvgIpc) is 2.07. The molecule has 68 valence electrons. The van der Waals surface area contributed by atoms with E-state index in [4.69, 9.17) is 5.11 Å². The molecule has 0 amide bonds. The maximum Gasteiger partial charge on any atom is 0.119 e. The second-order valence-corrected chi connectivity index (χ2v) is 2.88. The molecule has 3 heteroatoms. The number of nitrogens with zero attached hydrogens (tertiary/aromatic N) is 2. The first-order valence-electron chi connectivity index (χ1n) is 4.09. The summed E-state index contributed by atoms with van der Waals surface area (Å²) < 4.78 is 0. The molecular formula is C10H12N2O. The lowest BCUT2D eigenvalue weighted by Gasteiger charge is -1.99. The number of aliphatic hydroxyl groups excluding tert-OH is 1. The molecular weight excluding hydrogens is 164 g/mol. The molecule has 0 fully saturated rings. The molecule has 0 bridgehead atoms. The normalized spacial score (nSPS) is 11.7. The number of rotatable bonds is 0. The molecule has 0 saturated carbocycles. The maximum atomic E-state index is 8.96. The van der Waals surface area contributed by atoms with Gasteiger partial charge in [0.05, 0.1) is 0 Å². The number of aromatic nitrogens is 2. The summed E-state index contributed by atoms with van der Waals surface area (Å²) in [6, 6.07) is 0. The smallest absolute Gasteiger partial charge is 0.119 e. The molecule has 1 unspecified atom stereocenters. The van der Waals surface area contributed by atoms with Crippen LogP contribution in [-0.2, 0) is 0 Å². The third kappa shape index (κ3) is 2.53. The van der Waals surface area contributed by atoms with Crippen molar-refractivity contribution in [2.24, 2.45) is 0 Å². The van der Waals surface area contributed by atoms with Crippen LogP contribution in [-0.4, -0.2) is 21.2 Å². The van der Waals surface area contributed by atoms with Crippen molar-refractivity contribution < 1.29 is 5.11 Å². The molecule has 1 N–H and O–H groups in total. The minimum Gasteiger partial charge on any atom is -0.381 e. The third-order valence-electron chi connectivity index (χ3n) is 1.74. The van der Waals surface area contributed by atoms with Crippen molar-refractivity contribution in [3.8, 4) is 11.8 Å². The number of hydrogen-bond donors (Lipinski definition) is 1. The fourth-order valence-corrected chi connectivity index (χ4v) is 0.837. The first-order valence-corrected chi connectivity index (χ1v) is 4.09. The van der Waals surface area contributed by atoms with Gasteiger partial charge < -0.3 is 5.11 Å². The molecule has 1 rings (SSSR count). The van der Waals surface area contributed by atoms with Crippen molar-refractivity contribution in [2.75, 3.05) is 0 Å². The highest BCUT2D eigenvalue weighted by Crippen LogP contribution is 2.04. The Morgan fingerprint density at radius 1 is 1.38 bits per heavy atom. The van der Waals surface area contributed by atoms with Crippen LogP contribution in [0.15, 0.2) is 6.33 Å². The summed E-state index contributed by atoms with van der Waals surface area (Å²) in [5, 5.41) is 8.96. The molecule has 0 radical (unpaired) electrons. The topological polar surface area (TPSA) is 46.0 Å². The highest BCUT2D eigenvalue weighted by atomic mass is 16.3. The molecule has 0 aromatic carbocycles. The Balaban J connectivity index is 3.04. The maximum absolute atomic E-state index is 8.96. The van der Waals surface area contributed by atoms with Gasteiger partial charge in [0.25, 0.3) is 0 Å². The van der Waals surface area contributed by atoms with Crippen LogP contribution in [0.3, 0.4) is 0 Å². The van der Waals surface area contributed by atoms with Gasteiger partial charge in [-0.15, -0.1) is 0 Å². The zero-order valence-electron chi connectivity index (χ0n) is 8.00. The van der Waals surface area contributed by atoms with E-state index in [0.717, 1.165) is 11.3 Å². The molecule has 0 aliphatic rings. The molecule has 0 spiro atoms. The predicted octanol–water partition coefficient (Wildman–Crippen LogP) is 0.826. The fourth-order valence-electron chi connectivity index (χ4n) is 0.837. The quantitative estimate of drug-likeness (QED) is 0.595. The van der Waals surface area contributed by atoms with E-state index >= 15 is 0 Å². The summed E-state index contributed by atoms with van der Waals surface area (Å²) >= 11 is 0. The van der Waals surface area contributed by atoms with E-state index in [1.54, 1.807) is 6.92 Å². The third-order valence-corrected chi connectivity index (χ3v) is 1.74. The molecule has 0 saturated heterocycles. The van der Waals surface area contributed by atoms with Crippen molar-refractivity contribution in [1.29, 1.82) is 0 Å². The van der Waals surface area contributed by atoms with Gasteiger partial charge in [0.15, 0.2) is 0 Å². The summed E-state index contributed by atoms with van der Waals surface area (Å²) in [6.07, 6.45) is 0.864. The second-order valence-electron chi connectivity index (χ2n) is 2.88. The number of hydrogen-bond acceptors (Lipinski definition) is 3. The van der Waals surface area contributed by atoms with E-state index < -0.39 is 6.10 Å². The summed E-state index contributed by atoms with van der Waals surface area (Å²) in [6.45, 7) is 5.45. The van der Waals surface area contributed by atoms with Crippen LogP contribution in [0.5, 0.6) is 0 Å². The van der Waals surface area contributed by atoms with Gasteiger partial charge >= 0.3 is 0 Å². The molecule has 0 aliphatic carbocycles. The minimum atomic E-state index is -0.616. The summed E-state index contributed by atoms with van der Waals surface area (Å²) in [4.78, 5) is 8.04. The molecule has 0 aliphatic heterocycles. The van der Waals surface area contributed by atoms with E-state index in [0.29, 0.717) is 5.69 Å². The Morgan fingerprint density at radius 3 is 2.69 bits per heavy atom. The summed E-state index contributed by atoms with van der Waals surface area (Å²) in [7, 11) is 0. The van der Waals surface area contributed by atoms with Crippen LogP contribution in [0.4, 0.5) is 0 Å². The van der Waals surface area contributed by atoms with Gasteiger partial charge in [0.2, 0.25) is 0 Å². The van der Waals surface area contributed by atoms with E-state index in [1.807, 2.05) is 13.8 Å². The average molecular weight is 176 g/mol. The SMILES string of the molecule is Cc1ncnc(C#CC(C)O)c1C. The van der Waals surface area contributed by atoms with E-state index in [-0.39, 0.29) is 0 Å². The van der Waals surface area contributed by atoms with E-state index in [2.05, 4.69) is 21.8 Å². The molecule has 1 aromatic rings. The molecule has 13 heavy (non-hydrogen) atoms. The van der Waals surface area contributed by atoms with Crippen molar-refractivity contribution in [3.63, 3.8) is 0 Å². The molecule has 1 atom stereocenters. The van der Waals surface area contributed by atoms with Gasteiger partial charge in [-0.3, -0.25) is 0 Å². The van der Waals surface area contributed by atoms with Crippen molar-refractivity contribution in [3.05, 3.63) is 23.3 Å².